The smallest absolute Gasteiger partial charge is 0.281 e. The Bertz CT molecular complexity index is 637. The number of nitrogens with one attached hydrogen (secondary N) is 1. The average molecular weight is 255 g/mol. The minimum Gasteiger partial charge on any atom is -0.339 e. The molecule has 0 fully saturated rings. The number of imidazole rings is 1. The van der Waals surface area contributed by atoms with Crippen LogP contribution >= 0.6 is 0 Å². The van der Waals surface area contributed by atoms with E-state index < -0.39 is 15.8 Å². The molecular formula is C10H10FN3O2S. The van der Waals surface area contributed by atoms with E-state index >= 15 is 0 Å². The molecule has 0 radical (unpaired) electrons. The Morgan fingerprint density at radius 3 is 2.65 bits per heavy atom. The molecule has 0 saturated carbocycles. The van der Waals surface area contributed by atoms with E-state index in [9.17, 15) is 12.8 Å². The van der Waals surface area contributed by atoms with Crippen LogP contribution in [0, 0.1) is 5.82 Å². The minimum absolute atomic E-state index is 0.0989. The number of aromatic nitrogens is 2. The first-order chi connectivity index (χ1) is 7.99. The number of nitrogens with zero attached hydrogens (tertiary/aromatic N) is 2. The lowest BCUT2D eigenvalue weighted by molar-refractivity contribution is 0.595. The summed E-state index contributed by atoms with van der Waals surface area (Å²) in [7, 11) is -2.19. The Morgan fingerprint density at radius 1 is 1.35 bits per heavy atom. The van der Waals surface area contributed by atoms with Crippen LogP contribution in [0.3, 0.4) is 0 Å². The van der Waals surface area contributed by atoms with Crippen LogP contribution < -0.4 is 4.72 Å². The number of sulfonamides is 1. The van der Waals surface area contributed by atoms with Crippen LogP contribution in [0.2, 0.25) is 0 Å². The van der Waals surface area contributed by atoms with E-state index in [1.807, 2.05) is 0 Å². The van der Waals surface area contributed by atoms with Gasteiger partial charge < -0.3 is 4.57 Å². The normalized spacial score (nSPS) is 11.4. The van der Waals surface area contributed by atoms with Crippen molar-refractivity contribution in [2.75, 3.05) is 4.72 Å². The van der Waals surface area contributed by atoms with Gasteiger partial charge in [0.2, 0.25) is 0 Å². The highest BCUT2D eigenvalue weighted by molar-refractivity contribution is 7.92. The number of hydrogen-bond acceptors (Lipinski definition) is 3. The second kappa shape index (κ2) is 4.17. The summed E-state index contributed by atoms with van der Waals surface area (Å²) >= 11 is 0. The molecule has 1 aromatic carbocycles. The molecule has 0 amide bonds. The number of anilines is 1. The molecule has 17 heavy (non-hydrogen) atoms. The van der Waals surface area contributed by atoms with E-state index in [-0.39, 0.29) is 10.7 Å². The zero-order chi connectivity index (χ0) is 12.5. The zero-order valence-electron chi connectivity index (χ0n) is 8.96. The maximum absolute atomic E-state index is 13.3. The van der Waals surface area contributed by atoms with Gasteiger partial charge in [0, 0.05) is 13.2 Å². The summed E-state index contributed by atoms with van der Waals surface area (Å²) in [6.07, 6.45) is 2.69. The summed E-state index contributed by atoms with van der Waals surface area (Å²) in [4.78, 5) is 3.70. The van der Waals surface area contributed by atoms with Crippen molar-refractivity contribution in [3.8, 4) is 0 Å². The third-order valence-corrected chi connectivity index (χ3v) is 3.32. The molecule has 0 spiro atoms. The number of halogens is 1. The summed E-state index contributed by atoms with van der Waals surface area (Å²) < 4.78 is 40.5. The van der Waals surface area contributed by atoms with Gasteiger partial charge in [0.05, 0.1) is 12.0 Å². The molecule has 0 atom stereocenters. The molecule has 0 unspecified atom stereocenters. The molecule has 0 aliphatic rings. The van der Waals surface area contributed by atoms with Crippen LogP contribution in [0.5, 0.6) is 0 Å². The molecule has 1 N–H and O–H groups in total. The predicted molar refractivity (Wildman–Crippen MR) is 60.4 cm³/mol. The van der Waals surface area contributed by atoms with E-state index in [0.29, 0.717) is 0 Å². The number of rotatable bonds is 3. The van der Waals surface area contributed by atoms with Crippen LogP contribution in [-0.2, 0) is 17.1 Å². The standard InChI is InChI=1S/C10H10FN3O2S/c1-14-6-10(12-7-14)17(15,16)13-9-5-3-2-4-8(9)11/h2-7,13H,1H3. The Morgan fingerprint density at radius 2 is 2.06 bits per heavy atom. The average Bonchev–Trinajstić information content (AvgIpc) is 2.69. The molecule has 0 aliphatic heterocycles. The first-order valence-electron chi connectivity index (χ1n) is 4.74. The molecule has 0 bridgehead atoms. The molecule has 7 heteroatoms. The van der Waals surface area contributed by atoms with Crippen LogP contribution in [-0.4, -0.2) is 18.0 Å². The molecular weight excluding hydrogens is 245 g/mol. The lowest BCUT2D eigenvalue weighted by Gasteiger charge is -2.06. The second-order valence-electron chi connectivity index (χ2n) is 3.46. The van der Waals surface area contributed by atoms with Gasteiger partial charge in [-0.25, -0.2) is 9.37 Å². The van der Waals surface area contributed by atoms with E-state index in [0.717, 1.165) is 0 Å². The van der Waals surface area contributed by atoms with Gasteiger partial charge in [-0.3, -0.25) is 4.72 Å². The fraction of sp³-hybridized carbons (Fsp3) is 0.100. The number of aryl methyl sites for hydroxylation is 1. The van der Waals surface area contributed by atoms with Gasteiger partial charge in [0.25, 0.3) is 10.0 Å². The summed E-state index contributed by atoms with van der Waals surface area (Å²) in [6, 6.07) is 5.54. The van der Waals surface area contributed by atoms with E-state index in [1.165, 1.54) is 35.3 Å². The number of hydrogen-bond donors (Lipinski definition) is 1. The molecule has 1 aromatic heterocycles. The second-order valence-corrected chi connectivity index (χ2v) is 5.09. The molecule has 5 nitrogen and oxygen atoms in total. The van der Waals surface area contributed by atoms with Crippen molar-refractivity contribution in [3.63, 3.8) is 0 Å². The number of benzene rings is 1. The van der Waals surface area contributed by atoms with Gasteiger partial charge in [-0.2, -0.15) is 8.42 Å². The first kappa shape index (κ1) is 11.6. The molecule has 0 aliphatic carbocycles. The SMILES string of the molecule is Cn1cnc(S(=O)(=O)Nc2ccccc2F)c1. The fourth-order valence-corrected chi connectivity index (χ4v) is 2.32. The molecule has 0 saturated heterocycles. The van der Waals surface area contributed by atoms with Crippen molar-refractivity contribution in [2.24, 2.45) is 7.05 Å². The van der Waals surface area contributed by atoms with Gasteiger partial charge in [0.1, 0.15) is 5.82 Å². The van der Waals surface area contributed by atoms with Crippen molar-refractivity contribution in [3.05, 3.63) is 42.6 Å². The van der Waals surface area contributed by atoms with Crippen LogP contribution in [0.4, 0.5) is 10.1 Å². The van der Waals surface area contributed by atoms with Gasteiger partial charge in [-0.15, -0.1) is 0 Å². The van der Waals surface area contributed by atoms with Gasteiger partial charge in [-0.05, 0) is 12.1 Å². The highest BCUT2D eigenvalue weighted by Crippen LogP contribution is 2.17. The Kier molecular flexibility index (Phi) is 2.84. The first-order valence-corrected chi connectivity index (χ1v) is 6.23. The van der Waals surface area contributed by atoms with Gasteiger partial charge >= 0.3 is 0 Å². The van der Waals surface area contributed by atoms with Crippen molar-refractivity contribution >= 4 is 15.7 Å². The summed E-state index contributed by atoms with van der Waals surface area (Å²) in [5, 5.41) is -0.150. The number of para-hydroxylation sites is 1. The molecule has 1 heterocycles. The van der Waals surface area contributed by atoms with Crippen molar-refractivity contribution < 1.29 is 12.8 Å². The monoisotopic (exact) mass is 255 g/mol. The fourth-order valence-electron chi connectivity index (χ4n) is 1.27. The molecule has 2 aromatic rings. The van der Waals surface area contributed by atoms with Crippen LogP contribution in [0.1, 0.15) is 0 Å². The molecule has 2 rings (SSSR count). The third kappa shape index (κ3) is 2.44. The van der Waals surface area contributed by atoms with Crippen LogP contribution in [0.25, 0.3) is 0 Å². The Labute approximate surface area is 98.0 Å². The van der Waals surface area contributed by atoms with E-state index in [4.69, 9.17) is 0 Å². The van der Waals surface area contributed by atoms with Crippen molar-refractivity contribution in [1.82, 2.24) is 9.55 Å². The maximum atomic E-state index is 13.3. The van der Waals surface area contributed by atoms with Crippen LogP contribution in [0.15, 0.2) is 41.8 Å². The lowest BCUT2D eigenvalue weighted by Crippen LogP contribution is -2.14. The van der Waals surface area contributed by atoms with E-state index in [2.05, 4.69) is 9.71 Å². The molecule has 90 valence electrons. The highest BCUT2D eigenvalue weighted by Gasteiger charge is 2.18. The summed E-state index contributed by atoms with van der Waals surface area (Å²) in [5.74, 6) is -0.632. The quantitative estimate of drug-likeness (QED) is 0.900. The Balaban J connectivity index is 2.33. The Hall–Kier alpha value is -1.89. The summed E-state index contributed by atoms with van der Waals surface area (Å²) in [6.45, 7) is 0. The predicted octanol–water partition coefficient (Wildman–Crippen LogP) is 1.36. The van der Waals surface area contributed by atoms with E-state index in [1.54, 1.807) is 13.1 Å². The summed E-state index contributed by atoms with van der Waals surface area (Å²) in [5.41, 5.74) is -0.0989. The third-order valence-electron chi connectivity index (χ3n) is 2.07. The highest BCUT2D eigenvalue weighted by atomic mass is 32.2. The minimum atomic E-state index is -3.84. The zero-order valence-corrected chi connectivity index (χ0v) is 9.78. The topological polar surface area (TPSA) is 64.0 Å². The van der Waals surface area contributed by atoms with Gasteiger partial charge in [0.15, 0.2) is 5.03 Å². The lowest BCUT2D eigenvalue weighted by atomic mass is 10.3. The van der Waals surface area contributed by atoms with Gasteiger partial charge in [-0.1, -0.05) is 12.1 Å². The maximum Gasteiger partial charge on any atom is 0.281 e. The van der Waals surface area contributed by atoms with Crippen molar-refractivity contribution in [2.45, 2.75) is 5.03 Å². The van der Waals surface area contributed by atoms with Crippen molar-refractivity contribution in [1.29, 1.82) is 0 Å². The largest absolute Gasteiger partial charge is 0.339 e.